The molecule has 0 saturated heterocycles. The topological polar surface area (TPSA) is 3.24 Å². The van der Waals surface area contributed by atoms with E-state index in [1.54, 1.807) is 0 Å². The van der Waals surface area contributed by atoms with E-state index in [0.717, 1.165) is 12.1 Å². The minimum Gasteiger partial charge on any atom is -0.313 e. The first-order valence-electron chi connectivity index (χ1n) is 17.5. The highest BCUT2D eigenvalue weighted by atomic mass is 15.1. The molecule has 1 spiro atoms. The third kappa shape index (κ3) is 3.58. The summed E-state index contributed by atoms with van der Waals surface area (Å²) in [5, 5.41) is 2.58. The minimum absolute atomic E-state index is 0.368. The van der Waals surface area contributed by atoms with Crippen molar-refractivity contribution in [2.45, 2.75) is 18.3 Å². The summed E-state index contributed by atoms with van der Waals surface area (Å²) in [6, 6.07) is 57.9. The fraction of sp³-hybridized carbons (Fsp3) is 0.0612. The van der Waals surface area contributed by atoms with Crippen LogP contribution in [-0.2, 0) is 11.8 Å². The number of hydrogen-bond donors (Lipinski definition) is 0. The molecule has 232 valence electrons. The van der Waals surface area contributed by atoms with E-state index in [1.165, 1.54) is 88.9 Å². The lowest BCUT2D eigenvalue weighted by molar-refractivity contribution is 0.817. The molecule has 0 aliphatic heterocycles. The Morgan fingerprint density at radius 2 is 1.16 bits per heavy atom. The molecule has 0 heterocycles. The monoisotopic (exact) mass is 633 g/mol. The second kappa shape index (κ2) is 10.3. The van der Waals surface area contributed by atoms with E-state index in [9.17, 15) is 0 Å². The molecule has 0 amide bonds. The van der Waals surface area contributed by atoms with Crippen LogP contribution >= 0.6 is 0 Å². The highest BCUT2D eigenvalue weighted by Crippen LogP contribution is 2.69. The molecular weight excluding hydrogens is 603 g/mol. The quantitative estimate of drug-likeness (QED) is 0.171. The van der Waals surface area contributed by atoms with Gasteiger partial charge in [-0.15, -0.1) is 0 Å². The maximum Gasteiger partial charge on any atom is 0.0816 e. The number of anilines is 2. The van der Waals surface area contributed by atoms with Gasteiger partial charge in [0.15, 0.2) is 0 Å². The van der Waals surface area contributed by atoms with Crippen LogP contribution in [0.15, 0.2) is 175 Å². The molecular formula is C49H31N. The average Bonchev–Trinajstić information content (AvgIpc) is 3.67. The van der Waals surface area contributed by atoms with Crippen LogP contribution in [0, 0.1) is 11.8 Å². The van der Waals surface area contributed by atoms with Crippen molar-refractivity contribution in [1.29, 1.82) is 0 Å². The predicted octanol–water partition coefficient (Wildman–Crippen LogP) is 11.6. The van der Waals surface area contributed by atoms with E-state index in [4.69, 9.17) is 0 Å². The molecule has 0 aromatic heterocycles. The van der Waals surface area contributed by atoms with Crippen molar-refractivity contribution in [1.82, 2.24) is 0 Å². The fourth-order valence-electron chi connectivity index (χ4n) is 9.43. The first-order chi connectivity index (χ1) is 24.8. The Kier molecular flexibility index (Phi) is 5.69. The van der Waals surface area contributed by atoms with Gasteiger partial charge < -0.3 is 4.90 Å². The van der Waals surface area contributed by atoms with E-state index in [0.29, 0.717) is 6.42 Å². The predicted molar refractivity (Wildman–Crippen MR) is 206 cm³/mol. The number of rotatable bonds is 5. The molecule has 1 heteroatoms. The molecule has 0 bridgehead atoms. The lowest BCUT2D eigenvalue weighted by Gasteiger charge is -2.29. The van der Waals surface area contributed by atoms with Crippen LogP contribution in [0.5, 0.6) is 0 Å². The molecule has 0 saturated carbocycles. The SMILES string of the molecule is C1#CC2=C(C=C(N(c3ccccc3)c3ccccc3Cc3cccc4ccccc34)C1)c1cccc3c1C21c2ccccc2-c2cccc-3c21. The van der Waals surface area contributed by atoms with Crippen molar-refractivity contribution in [2.75, 3.05) is 4.90 Å². The molecule has 11 rings (SSSR count). The number of hydrogen-bond acceptors (Lipinski definition) is 1. The number of benzene rings is 7. The molecule has 4 aliphatic rings. The van der Waals surface area contributed by atoms with Crippen molar-refractivity contribution >= 4 is 27.7 Å². The Morgan fingerprint density at radius 3 is 2.04 bits per heavy atom. The Balaban J connectivity index is 1.14. The second-order valence-corrected chi connectivity index (χ2v) is 13.8. The van der Waals surface area contributed by atoms with Crippen molar-refractivity contribution in [3.8, 4) is 34.1 Å². The third-order valence-corrected chi connectivity index (χ3v) is 11.3. The van der Waals surface area contributed by atoms with Crippen LogP contribution < -0.4 is 4.90 Å². The lowest BCUT2D eigenvalue weighted by atomic mass is 9.72. The average molecular weight is 634 g/mol. The lowest BCUT2D eigenvalue weighted by Crippen LogP contribution is -2.24. The Labute approximate surface area is 292 Å². The van der Waals surface area contributed by atoms with Crippen LogP contribution in [0.25, 0.3) is 38.6 Å². The first kappa shape index (κ1) is 27.6. The fourth-order valence-corrected chi connectivity index (χ4v) is 9.43. The highest BCUT2D eigenvalue weighted by molar-refractivity contribution is 6.08. The number of nitrogens with zero attached hydrogens (tertiary/aromatic N) is 1. The van der Waals surface area contributed by atoms with Gasteiger partial charge in [-0.3, -0.25) is 0 Å². The molecule has 0 fully saturated rings. The van der Waals surface area contributed by atoms with Crippen molar-refractivity contribution in [3.05, 3.63) is 208 Å². The van der Waals surface area contributed by atoms with Crippen LogP contribution in [0.2, 0.25) is 0 Å². The zero-order chi connectivity index (χ0) is 32.8. The Hall–Kier alpha value is -6.36. The van der Waals surface area contributed by atoms with E-state index >= 15 is 0 Å². The maximum absolute atomic E-state index is 3.84. The van der Waals surface area contributed by atoms with Gasteiger partial charge in [0.05, 0.1) is 11.8 Å². The van der Waals surface area contributed by atoms with Gasteiger partial charge in [-0.1, -0.05) is 151 Å². The van der Waals surface area contributed by atoms with Gasteiger partial charge in [-0.2, -0.15) is 0 Å². The largest absolute Gasteiger partial charge is 0.313 e. The summed E-state index contributed by atoms with van der Waals surface area (Å²) < 4.78 is 0. The summed E-state index contributed by atoms with van der Waals surface area (Å²) in [7, 11) is 0. The van der Waals surface area contributed by atoms with E-state index in [-0.39, 0.29) is 5.41 Å². The van der Waals surface area contributed by atoms with Crippen LogP contribution in [-0.4, -0.2) is 0 Å². The first-order valence-corrected chi connectivity index (χ1v) is 17.5. The van der Waals surface area contributed by atoms with Gasteiger partial charge in [-0.25, -0.2) is 0 Å². The molecule has 1 nitrogen and oxygen atoms in total. The van der Waals surface area contributed by atoms with Gasteiger partial charge in [-0.05, 0) is 96.3 Å². The van der Waals surface area contributed by atoms with Crippen molar-refractivity contribution in [3.63, 3.8) is 0 Å². The molecule has 4 aliphatic carbocycles. The van der Waals surface area contributed by atoms with E-state index in [1.807, 2.05) is 0 Å². The van der Waals surface area contributed by atoms with Gasteiger partial charge in [0.25, 0.3) is 0 Å². The Morgan fingerprint density at radius 1 is 0.540 bits per heavy atom. The molecule has 1 atom stereocenters. The smallest absolute Gasteiger partial charge is 0.0816 e. The van der Waals surface area contributed by atoms with Gasteiger partial charge in [0, 0.05) is 29.1 Å². The maximum atomic E-state index is 3.84. The summed E-state index contributed by atoms with van der Waals surface area (Å²) in [5.41, 5.74) is 19.1. The molecule has 1 unspecified atom stereocenters. The summed E-state index contributed by atoms with van der Waals surface area (Å²) in [4.78, 5) is 2.47. The molecule has 0 radical (unpaired) electrons. The highest BCUT2D eigenvalue weighted by Gasteiger charge is 2.58. The minimum atomic E-state index is -0.368. The van der Waals surface area contributed by atoms with Gasteiger partial charge >= 0.3 is 0 Å². The molecule has 7 aromatic carbocycles. The second-order valence-electron chi connectivity index (χ2n) is 13.8. The van der Waals surface area contributed by atoms with E-state index in [2.05, 4.69) is 181 Å². The number of fused-ring (bicyclic) bond motifs is 5. The number of allylic oxidation sites excluding steroid dienone is 4. The summed E-state index contributed by atoms with van der Waals surface area (Å²) in [6.45, 7) is 0. The summed E-state index contributed by atoms with van der Waals surface area (Å²) in [6.07, 6.45) is 3.93. The van der Waals surface area contributed by atoms with Crippen LogP contribution in [0.3, 0.4) is 0 Å². The third-order valence-electron chi connectivity index (χ3n) is 11.3. The standard InChI is InChI=1S/C49H31N/c1-2-18-35(19-3-1)50(46-29-9-5-15-34(46)30-33-17-10-16-32-14-4-6-21-37(32)33)36-20-11-28-45-43(31-36)42-26-13-25-41-40-24-12-23-39-38-22-7-8-27-44(38)49(45,47(39)40)48(41)42/h1-10,12-19,21-27,29,31H,20,30H2. The summed E-state index contributed by atoms with van der Waals surface area (Å²) >= 11 is 0. The molecule has 50 heavy (non-hydrogen) atoms. The molecule has 0 N–H and O–H groups in total. The zero-order valence-electron chi connectivity index (χ0n) is 27.4. The van der Waals surface area contributed by atoms with E-state index < -0.39 is 0 Å². The van der Waals surface area contributed by atoms with Crippen molar-refractivity contribution < 1.29 is 0 Å². The van der Waals surface area contributed by atoms with Crippen molar-refractivity contribution in [2.24, 2.45) is 0 Å². The molecule has 7 aromatic rings. The Bertz CT molecular complexity index is 2700. The zero-order valence-corrected chi connectivity index (χ0v) is 27.4. The van der Waals surface area contributed by atoms with Gasteiger partial charge in [0.2, 0.25) is 0 Å². The summed E-state index contributed by atoms with van der Waals surface area (Å²) in [5.74, 6) is 7.58. The van der Waals surface area contributed by atoms with Gasteiger partial charge in [0.1, 0.15) is 0 Å². The number of para-hydroxylation sites is 2. The normalized spacial score (nSPS) is 16.9. The van der Waals surface area contributed by atoms with Crippen LogP contribution in [0.4, 0.5) is 11.4 Å². The van der Waals surface area contributed by atoms with Crippen LogP contribution in [0.1, 0.15) is 39.8 Å².